The topological polar surface area (TPSA) is 26.3 Å². The van der Waals surface area contributed by atoms with E-state index in [9.17, 15) is 4.79 Å². The summed E-state index contributed by atoms with van der Waals surface area (Å²) in [7, 11) is 0. The van der Waals surface area contributed by atoms with Crippen LogP contribution in [0.2, 0.25) is 0 Å². The number of ether oxygens (including phenoxy) is 1. The number of carbonyl (C=O) groups is 1. The standard InChI is InChI=1S/C11H14O2S/c1-2-13-11(12)8-9-14-10-6-4-3-5-7-10/h3-7H,2,8-9H2,1H3. The van der Waals surface area contributed by atoms with Crippen LogP contribution < -0.4 is 0 Å². The number of hydrogen-bond donors (Lipinski definition) is 0. The van der Waals surface area contributed by atoms with Crippen molar-refractivity contribution in [3.8, 4) is 0 Å². The highest BCUT2D eigenvalue weighted by atomic mass is 32.2. The fourth-order valence-corrected chi connectivity index (χ4v) is 1.86. The van der Waals surface area contributed by atoms with E-state index in [0.29, 0.717) is 13.0 Å². The minimum Gasteiger partial charge on any atom is -0.466 e. The minimum atomic E-state index is -0.115. The van der Waals surface area contributed by atoms with Gasteiger partial charge in [-0.15, -0.1) is 11.8 Å². The molecule has 0 atom stereocenters. The first-order chi connectivity index (χ1) is 6.83. The van der Waals surface area contributed by atoms with Crippen LogP contribution in [0.15, 0.2) is 35.2 Å². The Morgan fingerprint density at radius 1 is 1.36 bits per heavy atom. The molecule has 2 nitrogen and oxygen atoms in total. The van der Waals surface area contributed by atoms with Crippen molar-refractivity contribution in [1.29, 1.82) is 0 Å². The van der Waals surface area contributed by atoms with Crippen LogP contribution in [-0.2, 0) is 9.53 Å². The van der Waals surface area contributed by atoms with Gasteiger partial charge in [-0.05, 0) is 19.1 Å². The summed E-state index contributed by atoms with van der Waals surface area (Å²) in [5.41, 5.74) is 0. The normalized spacial score (nSPS) is 9.79. The third-order valence-corrected chi connectivity index (χ3v) is 2.64. The Bertz CT molecular complexity index is 272. The second-order valence-corrected chi connectivity index (χ2v) is 3.88. The fourth-order valence-electron chi connectivity index (χ4n) is 1.00. The Hall–Kier alpha value is -0.960. The maximum absolute atomic E-state index is 11.0. The molecule has 0 spiro atoms. The van der Waals surface area contributed by atoms with Crippen molar-refractivity contribution in [2.45, 2.75) is 18.2 Å². The zero-order valence-corrected chi connectivity index (χ0v) is 9.05. The van der Waals surface area contributed by atoms with E-state index in [0.717, 1.165) is 5.75 Å². The maximum Gasteiger partial charge on any atom is 0.306 e. The molecule has 0 N–H and O–H groups in total. The summed E-state index contributed by atoms with van der Waals surface area (Å²) in [5.74, 6) is 0.666. The summed E-state index contributed by atoms with van der Waals surface area (Å²) in [6.07, 6.45) is 0.480. The van der Waals surface area contributed by atoms with Gasteiger partial charge in [-0.2, -0.15) is 0 Å². The summed E-state index contributed by atoms with van der Waals surface area (Å²) >= 11 is 1.67. The molecule has 0 amide bonds. The molecule has 0 fully saturated rings. The largest absolute Gasteiger partial charge is 0.466 e. The lowest BCUT2D eigenvalue weighted by Crippen LogP contribution is -2.04. The Morgan fingerprint density at radius 2 is 2.07 bits per heavy atom. The van der Waals surface area contributed by atoms with Gasteiger partial charge in [-0.1, -0.05) is 18.2 Å². The Balaban J connectivity index is 2.19. The van der Waals surface area contributed by atoms with Crippen molar-refractivity contribution in [1.82, 2.24) is 0 Å². The lowest BCUT2D eigenvalue weighted by atomic mass is 10.4. The van der Waals surface area contributed by atoms with Crippen molar-refractivity contribution in [3.63, 3.8) is 0 Å². The summed E-state index contributed by atoms with van der Waals surface area (Å²) in [6, 6.07) is 10.0. The lowest BCUT2D eigenvalue weighted by Gasteiger charge is -2.01. The predicted molar refractivity (Wildman–Crippen MR) is 58.4 cm³/mol. The van der Waals surface area contributed by atoms with Crippen molar-refractivity contribution in [2.75, 3.05) is 12.4 Å². The first-order valence-corrected chi connectivity index (χ1v) is 5.65. The van der Waals surface area contributed by atoms with Crippen molar-refractivity contribution in [2.24, 2.45) is 0 Å². The van der Waals surface area contributed by atoms with Gasteiger partial charge in [0.05, 0.1) is 13.0 Å². The molecule has 0 saturated carbocycles. The molecule has 0 unspecified atom stereocenters. The molecule has 0 saturated heterocycles. The summed E-state index contributed by atoms with van der Waals surface area (Å²) in [5, 5.41) is 0. The van der Waals surface area contributed by atoms with Crippen LogP contribution in [0.5, 0.6) is 0 Å². The smallest absolute Gasteiger partial charge is 0.306 e. The number of hydrogen-bond acceptors (Lipinski definition) is 3. The third-order valence-electron chi connectivity index (χ3n) is 1.62. The molecular weight excluding hydrogens is 196 g/mol. The van der Waals surface area contributed by atoms with E-state index in [-0.39, 0.29) is 5.97 Å². The number of rotatable bonds is 5. The zero-order chi connectivity index (χ0) is 10.2. The van der Waals surface area contributed by atoms with E-state index < -0.39 is 0 Å². The van der Waals surface area contributed by atoms with E-state index in [2.05, 4.69) is 0 Å². The molecule has 0 aliphatic carbocycles. The van der Waals surface area contributed by atoms with E-state index >= 15 is 0 Å². The molecule has 0 aliphatic rings. The second-order valence-electron chi connectivity index (χ2n) is 2.72. The average Bonchev–Trinajstić information content (AvgIpc) is 2.20. The maximum atomic E-state index is 11.0. The molecule has 1 rings (SSSR count). The van der Waals surface area contributed by atoms with Gasteiger partial charge in [0.1, 0.15) is 0 Å². The van der Waals surface area contributed by atoms with Crippen LogP contribution in [0.25, 0.3) is 0 Å². The Morgan fingerprint density at radius 3 is 2.71 bits per heavy atom. The molecule has 0 radical (unpaired) electrons. The van der Waals surface area contributed by atoms with Crippen molar-refractivity contribution < 1.29 is 9.53 Å². The number of benzene rings is 1. The summed E-state index contributed by atoms with van der Waals surface area (Å²) < 4.78 is 4.83. The molecule has 14 heavy (non-hydrogen) atoms. The van der Waals surface area contributed by atoms with E-state index in [1.807, 2.05) is 37.3 Å². The molecular formula is C11H14O2S. The molecule has 1 aromatic carbocycles. The molecule has 0 heterocycles. The van der Waals surface area contributed by atoms with E-state index in [4.69, 9.17) is 4.74 Å². The Kier molecular flexibility index (Phi) is 5.15. The first kappa shape index (κ1) is 11.1. The average molecular weight is 210 g/mol. The van der Waals surface area contributed by atoms with Gasteiger partial charge >= 0.3 is 5.97 Å². The van der Waals surface area contributed by atoms with Gasteiger partial charge < -0.3 is 4.74 Å². The first-order valence-electron chi connectivity index (χ1n) is 4.66. The van der Waals surface area contributed by atoms with Crippen LogP contribution in [-0.4, -0.2) is 18.3 Å². The zero-order valence-electron chi connectivity index (χ0n) is 8.23. The summed E-state index contributed by atoms with van der Waals surface area (Å²) in [4.78, 5) is 12.2. The fraction of sp³-hybridized carbons (Fsp3) is 0.364. The van der Waals surface area contributed by atoms with Gasteiger partial charge in [0.25, 0.3) is 0 Å². The molecule has 0 aliphatic heterocycles. The van der Waals surface area contributed by atoms with Crippen LogP contribution >= 0.6 is 11.8 Å². The molecule has 3 heteroatoms. The highest BCUT2D eigenvalue weighted by Crippen LogP contribution is 2.17. The van der Waals surface area contributed by atoms with Crippen LogP contribution in [0.1, 0.15) is 13.3 Å². The summed E-state index contributed by atoms with van der Waals surface area (Å²) in [6.45, 7) is 2.29. The van der Waals surface area contributed by atoms with E-state index in [1.165, 1.54) is 4.90 Å². The quantitative estimate of drug-likeness (QED) is 0.552. The monoisotopic (exact) mass is 210 g/mol. The van der Waals surface area contributed by atoms with Crippen molar-refractivity contribution >= 4 is 17.7 Å². The van der Waals surface area contributed by atoms with Gasteiger partial charge in [-0.25, -0.2) is 0 Å². The van der Waals surface area contributed by atoms with Gasteiger partial charge in [0.2, 0.25) is 0 Å². The highest BCUT2D eigenvalue weighted by molar-refractivity contribution is 7.99. The van der Waals surface area contributed by atoms with Gasteiger partial charge in [0, 0.05) is 10.6 Å². The molecule has 76 valence electrons. The molecule has 0 aromatic heterocycles. The predicted octanol–water partition coefficient (Wildman–Crippen LogP) is 2.73. The number of carbonyl (C=O) groups excluding carboxylic acids is 1. The van der Waals surface area contributed by atoms with Crippen LogP contribution in [0.3, 0.4) is 0 Å². The molecule has 1 aromatic rings. The SMILES string of the molecule is CCOC(=O)CCSc1ccccc1. The van der Waals surface area contributed by atoms with E-state index in [1.54, 1.807) is 11.8 Å². The van der Waals surface area contributed by atoms with Crippen LogP contribution in [0.4, 0.5) is 0 Å². The highest BCUT2D eigenvalue weighted by Gasteiger charge is 2.01. The lowest BCUT2D eigenvalue weighted by molar-refractivity contribution is -0.142. The number of esters is 1. The van der Waals surface area contributed by atoms with Crippen molar-refractivity contribution in [3.05, 3.63) is 30.3 Å². The number of thioether (sulfide) groups is 1. The minimum absolute atomic E-state index is 0.115. The van der Waals surface area contributed by atoms with Gasteiger partial charge in [0.15, 0.2) is 0 Å². The third kappa shape index (κ3) is 4.33. The Labute approximate surface area is 88.7 Å². The van der Waals surface area contributed by atoms with Crippen LogP contribution in [0, 0.1) is 0 Å². The second kappa shape index (κ2) is 6.49. The van der Waals surface area contributed by atoms with Gasteiger partial charge in [-0.3, -0.25) is 4.79 Å². The molecule has 0 bridgehead atoms.